The minimum Gasteiger partial charge on any atom is -1.00 e. The van der Waals surface area contributed by atoms with Gasteiger partial charge in [-0.15, -0.1) is 12.4 Å². The summed E-state index contributed by atoms with van der Waals surface area (Å²) in [4.78, 5) is 85.4. The van der Waals surface area contributed by atoms with Gasteiger partial charge in [-0.1, -0.05) is 199 Å². The third-order valence-corrected chi connectivity index (χ3v) is 21.1. The normalized spacial score (nSPS) is 9.11. The second-order valence-electron chi connectivity index (χ2n) is 23.1. The number of Topliss-reactive ketones (excluding diaryl/α,β-unsaturated/α-hetero) is 1. The van der Waals surface area contributed by atoms with Crippen LogP contribution in [0.2, 0.25) is 38.2 Å². The van der Waals surface area contributed by atoms with Gasteiger partial charge in [-0.25, -0.2) is 30.1 Å². The molecule has 8 N–H and O–H groups in total. The fourth-order valence-electron chi connectivity index (χ4n) is 9.31. The molecule has 0 fully saturated rings. The van der Waals surface area contributed by atoms with Gasteiger partial charge in [0.1, 0.15) is 18.2 Å². The maximum absolute atomic E-state index is 12.8. The van der Waals surface area contributed by atoms with Crippen LogP contribution in [-0.4, -0.2) is 135 Å². The molecule has 3 heterocycles. The van der Waals surface area contributed by atoms with Gasteiger partial charge in [0.25, 0.3) is 11.8 Å². The van der Waals surface area contributed by atoms with Gasteiger partial charge in [-0.2, -0.15) is 15.0 Å². The molecule has 13 aromatic rings. The number of nitrogens with two attached hydrogens (primary N) is 1. The minimum atomic E-state index is -0.986. The smallest absolute Gasteiger partial charge is 1.00 e. The number of anilines is 7. The quantitative estimate of drug-likeness (QED) is 0.00798. The van der Waals surface area contributed by atoms with Crippen molar-refractivity contribution in [3.05, 3.63) is 353 Å². The average Bonchev–Trinajstić information content (AvgIpc) is 1.38. The number of aromatic nitrogens is 3. The van der Waals surface area contributed by atoms with Gasteiger partial charge in [-0.3, -0.25) is 24.0 Å². The summed E-state index contributed by atoms with van der Waals surface area (Å²) in [6, 6.07) is 72.7. The fraction of sp³-hybridized carbons (Fsp3) is 0.157. The molecule has 669 valence electrons. The largest absolute Gasteiger partial charge is 2.00 e. The number of pyridine rings is 1. The predicted molar refractivity (Wildman–Crippen MR) is 536 cm³/mol. The van der Waals surface area contributed by atoms with E-state index in [0.29, 0.717) is 81.0 Å². The van der Waals surface area contributed by atoms with E-state index >= 15 is 0 Å². The molecule has 0 aliphatic rings. The Kier molecular flexibility index (Phi) is 75.1. The van der Waals surface area contributed by atoms with Crippen molar-refractivity contribution in [2.45, 2.75) is 70.0 Å². The molecule has 0 saturated carbocycles. The Labute approximate surface area is 848 Å². The van der Waals surface area contributed by atoms with Crippen molar-refractivity contribution in [2.24, 2.45) is 4.30 Å². The van der Waals surface area contributed by atoms with Crippen molar-refractivity contribution >= 4 is 238 Å². The van der Waals surface area contributed by atoms with Crippen LogP contribution >= 0.6 is 111 Å². The molecule has 1 amide bonds. The molecular weight excluding hydrogens is 1970 g/mol. The van der Waals surface area contributed by atoms with Gasteiger partial charge in [0.15, 0.2) is 11.2 Å². The number of carboxylic acids is 2. The van der Waals surface area contributed by atoms with Gasteiger partial charge in [-0.05, 0) is 186 Å². The molecule has 23 nitrogen and oxygen atoms in total. The molecule has 0 spiro atoms. The van der Waals surface area contributed by atoms with E-state index in [1.807, 2.05) is 170 Å². The van der Waals surface area contributed by atoms with E-state index in [1.165, 1.54) is 49.1 Å². The van der Waals surface area contributed by atoms with Crippen LogP contribution in [-0.2, 0) is 9.68 Å². The van der Waals surface area contributed by atoms with Crippen LogP contribution in [0.25, 0.3) is 33.2 Å². The summed E-state index contributed by atoms with van der Waals surface area (Å²) >= 11 is 40.9. The van der Waals surface area contributed by atoms with Gasteiger partial charge in [0.05, 0.1) is 65.9 Å². The zero-order valence-corrected chi connectivity index (χ0v) is 83.7. The minimum absolute atomic E-state index is 0. The number of amides is 1. The van der Waals surface area contributed by atoms with Gasteiger partial charge in [0, 0.05) is 104 Å². The van der Waals surface area contributed by atoms with Gasteiger partial charge < -0.3 is 79.1 Å². The number of carbonyl (C=O) groups is 5. The number of para-hydroxylation sites is 5. The van der Waals surface area contributed by atoms with Crippen molar-refractivity contribution in [3.63, 3.8) is 0 Å². The van der Waals surface area contributed by atoms with Crippen LogP contribution < -0.4 is 79.1 Å². The SMILES string of the molecule is C.C.C.C.CCC(=O)c1ccc(Cl)cc1Nc1ccccc1.CNOC.CON(C)C(=O)c1ccc(Cl)cc1Nc1ccccc1.C[SiH2][Si](C)=[N-].Cc1c(-c2ncco2)n(-c2ccccc2)c2cc(Cl)ccc2c1=O.Cl.Nc1ccccc1.O=C(Cl)c1ncco1.O=C(O)c1ccc(Cl)cc1Br.O=C(O)c1ccc(Cl)cc1Nc1ccccc1.[B]=NS.[Br-].[CH2-]C.[Mg+2].[Na+]. The van der Waals surface area contributed by atoms with Crippen molar-refractivity contribution < 1.29 is 99.2 Å². The van der Waals surface area contributed by atoms with Crippen molar-refractivity contribution in [1.29, 1.82) is 0 Å². The molecule has 127 heavy (non-hydrogen) atoms. The monoisotopic (exact) mass is 2070 g/mol. The molecule has 38 heteroatoms. The number of ketones is 1. The number of hydrogen-bond acceptors (Lipinski definition) is 19. The molecular formula is C89H103BBr2Cl7MgN11NaO12SSi2. The summed E-state index contributed by atoms with van der Waals surface area (Å²) < 4.78 is 15.1. The molecule has 3 aromatic heterocycles. The number of hydroxylamine groups is 3. The summed E-state index contributed by atoms with van der Waals surface area (Å²) in [5.74, 6) is -1.76. The van der Waals surface area contributed by atoms with Crippen LogP contribution in [0.3, 0.4) is 0 Å². The number of oxazole rings is 2. The van der Waals surface area contributed by atoms with E-state index in [2.05, 4.69) is 94.8 Å². The Morgan fingerprint density at radius 1 is 0.638 bits per heavy atom. The standard InChI is InChI=1S/C19H13ClN2O2.C15H15ClN2O2.C15H14ClNO.C13H10ClNO2.C7H4BrClO2.C6H7N.C4H2ClNO2.C2H7NO.C2H8NSi2.C2H5.4CH4.BHNS.BrH.ClH.Mg.Na/c1-12-17(19-21-9-10-24-19)22(14-5-3-2-4-6-14)16-11-13(20)7-8-15(16)18(12)23;1-18(20-2)15(19)13-9-8-11(16)10-14(13)17-12-6-4-3-5-7-12;1-2-15(18)13-9-8-11(16)10-14(13)17-12-6-4-3-5-7-12;14-9-6-7-11(13(16)17)12(8-9)15-10-4-2-1-3-5-10;8-6-3-4(9)1-2-5(6)7(10)11;7-6-4-2-1-3-5-6;5-3(7)4-6-1-2-8-4;1-3-4-2;1-4-5(2)3;1-2;;;;;1-2-3;;;;/h2-11H,1H3;3-10,17H,1-2H3;3-10,17H,2H2,1H3;1-8,15H,(H,16,17);1-3H,(H,10,11);1-5H,7H2;1-2H;3H,1-2H3;4H2,1-2H3;1H2,2H3;4*1H4;3H;2*1H;;/q;;;;;;;;2*-1;;;;;;;;+2;+1/p-1. The summed E-state index contributed by atoms with van der Waals surface area (Å²) in [7, 11) is 9.89. The first-order chi connectivity index (χ1) is 57.1. The Balaban J connectivity index is -0.000000332. The number of thiol groups is 1. The molecule has 0 bridgehead atoms. The topological polar surface area (TPSA) is 330 Å². The number of nitrogens with one attached hydrogen (secondary N) is 4. The maximum atomic E-state index is 12.8. The molecule has 13 rings (SSSR count). The first kappa shape index (κ1) is 130. The van der Waals surface area contributed by atoms with Crippen LogP contribution in [0, 0.1) is 13.8 Å². The number of halogens is 9. The molecule has 0 aliphatic heterocycles. The Hall–Kier alpha value is -8.14. The van der Waals surface area contributed by atoms with E-state index in [4.69, 9.17) is 99.9 Å². The molecule has 0 aliphatic carbocycles. The van der Waals surface area contributed by atoms with E-state index in [-0.39, 0.29) is 155 Å². The van der Waals surface area contributed by atoms with E-state index in [0.717, 1.165) is 39.6 Å². The third kappa shape index (κ3) is 47.8. The van der Waals surface area contributed by atoms with Crippen LogP contribution in [0.5, 0.6) is 0 Å². The summed E-state index contributed by atoms with van der Waals surface area (Å²) in [6.45, 7) is 12.7. The third-order valence-electron chi connectivity index (χ3n) is 15.0. The molecule has 0 unspecified atom stereocenters. The van der Waals surface area contributed by atoms with Crippen LogP contribution in [0.1, 0.15) is 108 Å². The first-order valence-electron chi connectivity index (χ1n) is 35.3. The van der Waals surface area contributed by atoms with E-state index < -0.39 is 25.3 Å². The Morgan fingerprint density at radius 3 is 1.33 bits per heavy atom. The molecule has 0 atom stereocenters. The second kappa shape index (κ2) is 73.6. The summed E-state index contributed by atoms with van der Waals surface area (Å²) in [6.07, 6.45) is 6.18. The Morgan fingerprint density at radius 2 is 0.992 bits per heavy atom. The zero-order valence-electron chi connectivity index (χ0n) is 68.4. The number of rotatable bonds is 17. The summed E-state index contributed by atoms with van der Waals surface area (Å²) in [5, 5.41) is 39.4. The number of carboxylic acid groups (broad SMARTS) is 2. The molecule has 10 aromatic carbocycles. The fourth-order valence-corrected chi connectivity index (χ4v) is 10.9. The van der Waals surface area contributed by atoms with Crippen LogP contribution in [0.15, 0.2) is 290 Å². The van der Waals surface area contributed by atoms with Crippen molar-refractivity contribution in [2.75, 3.05) is 50.0 Å². The van der Waals surface area contributed by atoms with Gasteiger partial charge >= 0.3 is 94.5 Å². The molecule has 0 saturated heterocycles. The number of fused-ring (bicyclic) bond motifs is 1. The van der Waals surface area contributed by atoms with E-state index in [9.17, 15) is 28.8 Å². The van der Waals surface area contributed by atoms with E-state index in [1.54, 1.807) is 114 Å². The van der Waals surface area contributed by atoms with Crippen molar-refractivity contribution in [3.8, 4) is 17.3 Å². The number of hydrogen-bond donors (Lipinski definition) is 8. The maximum Gasteiger partial charge on any atom is 2.00 e. The summed E-state index contributed by atoms with van der Waals surface area (Å²) in [5.41, 5.74) is 17.5. The zero-order chi connectivity index (χ0) is 88.4. The number of aromatic carboxylic acids is 2. The van der Waals surface area contributed by atoms with Gasteiger partial charge in [0.2, 0.25) is 5.89 Å². The molecule has 1 radical (unpaired) electrons. The average molecular weight is 2070 g/mol. The number of benzene rings is 10. The predicted octanol–water partition coefficient (Wildman–Crippen LogP) is 19.4. The van der Waals surface area contributed by atoms with Crippen molar-refractivity contribution in [1.82, 2.24) is 25.1 Å². The first-order valence-corrected chi connectivity index (χ1v) is 44.5. The second-order valence-corrected chi connectivity index (χ2v) is 34.1. The number of nitrogen functional groups attached to an aromatic ring is 1. The van der Waals surface area contributed by atoms with Crippen LogP contribution in [0.4, 0.5) is 39.8 Å². The number of carbonyl (C=O) groups excluding carboxylic acids is 3. The number of nitrogens with zero attached hydrogens (tertiary/aromatic N) is 6. The Bertz CT molecular complexity index is 5380.